The normalized spacial score (nSPS) is 47.2. The van der Waals surface area contributed by atoms with Crippen molar-refractivity contribution >= 4 is 0 Å². The summed E-state index contributed by atoms with van der Waals surface area (Å²) in [5.41, 5.74) is 2.47. The Balaban J connectivity index is 1.53. The largest absolute Gasteiger partial charge is 0.393 e. The van der Waals surface area contributed by atoms with E-state index in [0.717, 1.165) is 55.3 Å². The third kappa shape index (κ3) is 3.09. The molecule has 8 atom stereocenters. The molecule has 2 nitrogen and oxygen atoms in total. The quantitative estimate of drug-likeness (QED) is 0.470. The topological polar surface area (TPSA) is 44.0 Å². The minimum atomic E-state index is -0.0974. The molecule has 0 saturated heterocycles. The first kappa shape index (κ1) is 19.5. The Kier molecular flexibility index (Phi) is 5.21. The molecule has 0 aromatic carbocycles. The minimum absolute atomic E-state index is 0.0974. The van der Waals surface area contributed by atoms with Crippen LogP contribution in [0.2, 0.25) is 0 Å². The van der Waals surface area contributed by atoms with E-state index >= 15 is 0 Å². The van der Waals surface area contributed by atoms with Crippen LogP contribution >= 0.6 is 0 Å². The summed E-state index contributed by atoms with van der Waals surface area (Å²) < 4.78 is 0. The predicted molar refractivity (Wildman–Crippen MR) is 110 cm³/mol. The van der Waals surface area contributed by atoms with Gasteiger partial charge in [-0.2, -0.15) is 5.26 Å². The average Bonchev–Trinajstić information content (AvgIpc) is 3.00. The highest BCUT2D eigenvalue weighted by atomic mass is 16.3. The summed E-state index contributed by atoms with van der Waals surface area (Å²) in [5, 5.41) is 19.0. The van der Waals surface area contributed by atoms with Gasteiger partial charge in [0.2, 0.25) is 0 Å². The van der Waals surface area contributed by atoms with Gasteiger partial charge in [-0.25, -0.2) is 0 Å². The number of rotatable bonds is 4. The third-order valence-electron chi connectivity index (χ3n) is 9.79. The van der Waals surface area contributed by atoms with Crippen molar-refractivity contribution in [3.63, 3.8) is 0 Å². The Morgan fingerprint density at radius 3 is 2.78 bits per heavy atom. The summed E-state index contributed by atoms with van der Waals surface area (Å²) in [6.07, 6.45) is 15.5. The fraction of sp³-hybridized carbons (Fsp3) is 0.880. The van der Waals surface area contributed by atoms with E-state index < -0.39 is 0 Å². The molecule has 2 heteroatoms. The number of allylic oxidation sites excluding steroid dienone is 1. The maximum absolute atomic E-state index is 10.2. The lowest BCUT2D eigenvalue weighted by Crippen LogP contribution is -2.50. The van der Waals surface area contributed by atoms with E-state index in [1.54, 1.807) is 5.57 Å². The number of fused-ring (bicyclic) bond motifs is 5. The van der Waals surface area contributed by atoms with Gasteiger partial charge in [0.1, 0.15) is 0 Å². The second kappa shape index (κ2) is 7.22. The molecule has 3 saturated carbocycles. The Morgan fingerprint density at radius 1 is 1.19 bits per heavy atom. The average molecular weight is 370 g/mol. The summed E-state index contributed by atoms with van der Waals surface area (Å²) in [6.45, 7) is 7.62. The van der Waals surface area contributed by atoms with E-state index in [1.807, 2.05) is 0 Å². The summed E-state index contributed by atoms with van der Waals surface area (Å²) in [7, 11) is 0. The standard InChI is InChI=1S/C25H39NO/c1-17(6-4-5-15-26)21-9-10-22-20-8-7-18-16-19(27)11-13-24(18,2)23(20)12-14-25(21,22)3/h7,17,19-23,27H,4-6,8-14,16H2,1-3H3/t17-,19+,20+,21-,22+,23+,24+,25-/m1/s1. The van der Waals surface area contributed by atoms with Gasteiger partial charge in [-0.3, -0.25) is 0 Å². The van der Waals surface area contributed by atoms with Crippen molar-refractivity contribution in [1.29, 1.82) is 5.26 Å². The van der Waals surface area contributed by atoms with E-state index in [-0.39, 0.29) is 6.10 Å². The van der Waals surface area contributed by atoms with Gasteiger partial charge >= 0.3 is 0 Å². The Hall–Kier alpha value is -0.810. The molecular formula is C25H39NO. The highest BCUT2D eigenvalue weighted by Crippen LogP contribution is 2.67. The van der Waals surface area contributed by atoms with Gasteiger partial charge in [-0.15, -0.1) is 0 Å². The van der Waals surface area contributed by atoms with Crippen molar-refractivity contribution < 1.29 is 5.11 Å². The van der Waals surface area contributed by atoms with Crippen LogP contribution in [0, 0.1) is 51.8 Å². The molecule has 0 radical (unpaired) electrons. The smallest absolute Gasteiger partial charge is 0.0621 e. The van der Waals surface area contributed by atoms with Gasteiger partial charge < -0.3 is 5.11 Å². The van der Waals surface area contributed by atoms with Crippen LogP contribution in [-0.4, -0.2) is 11.2 Å². The molecule has 1 N–H and O–H groups in total. The van der Waals surface area contributed by atoms with Crippen molar-refractivity contribution in [3.8, 4) is 6.07 Å². The fourth-order valence-corrected chi connectivity index (χ4v) is 8.32. The molecule has 0 aromatic heterocycles. The fourth-order valence-electron chi connectivity index (χ4n) is 8.32. The van der Waals surface area contributed by atoms with Crippen molar-refractivity contribution in [2.75, 3.05) is 0 Å². The first-order valence-corrected chi connectivity index (χ1v) is 11.6. The number of nitriles is 1. The van der Waals surface area contributed by atoms with Gasteiger partial charge in [0, 0.05) is 6.42 Å². The van der Waals surface area contributed by atoms with Crippen LogP contribution in [0.25, 0.3) is 0 Å². The van der Waals surface area contributed by atoms with Gasteiger partial charge in [-0.05, 0) is 105 Å². The van der Waals surface area contributed by atoms with Crippen LogP contribution in [0.4, 0.5) is 0 Å². The lowest BCUT2D eigenvalue weighted by atomic mass is 9.47. The van der Waals surface area contributed by atoms with Gasteiger partial charge in [-0.1, -0.05) is 32.4 Å². The zero-order valence-electron chi connectivity index (χ0n) is 17.7. The molecule has 0 amide bonds. The third-order valence-corrected chi connectivity index (χ3v) is 9.79. The van der Waals surface area contributed by atoms with Crippen LogP contribution in [0.3, 0.4) is 0 Å². The lowest BCUT2D eigenvalue weighted by molar-refractivity contribution is -0.0572. The first-order valence-electron chi connectivity index (χ1n) is 11.6. The van der Waals surface area contributed by atoms with Crippen LogP contribution in [0.5, 0.6) is 0 Å². The molecule has 0 spiro atoms. The number of hydrogen-bond donors (Lipinski definition) is 1. The van der Waals surface area contributed by atoms with Gasteiger partial charge in [0.15, 0.2) is 0 Å². The molecular weight excluding hydrogens is 330 g/mol. The zero-order valence-corrected chi connectivity index (χ0v) is 17.7. The van der Waals surface area contributed by atoms with Crippen LogP contribution in [0.1, 0.15) is 91.4 Å². The minimum Gasteiger partial charge on any atom is -0.393 e. The molecule has 0 aromatic rings. The molecule has 4 aliphatic carbocycles. The second-order valence-corrected chi connectivity index (χ2v) is 10.9. The first-order chi connectivity index (χ1) is 12.9. The molecule has 0 unspecified atom stereocenters. The number of nitrogens with zero attached hydrogens (tertiary/aromatic N) is 1. The van der Waals surface area contributed by atoms with Gasteiger partial charge in [0.05, 0.1) is 12.2 Å². The highest BCUT2D eigenvalue weighted by molar-refractivity contribution is 5.25. The zero-order chi connectivity index (χ0) is 19.2. The van der Waals surface area contributed by atoms with E-state index in [1.165, 1.54) is 44.9 Å². The Labute approximate surface area is 166 Å². The van der Waals surface area contributed by atoms with Crippen LogP contribution < -0.4 is 0 Å². The molecule has 4 aliphatic rings. The van der Waals surface area contributed by atoms with E-state index in [4.69, 9.17) is 5.26 Å². The Bertz CT molecular complexity index is 633. The van der Waals surface area contributed by atoms with E-state index in [2.05, 4.69) is 32.9 Å². The van der Waals surface area contributed by atoms with E-state index in [9.17, 15) is 5.11 Å². The molecule has 4 rings (SSSR count). The number of aliphatic hydroxyl groups is 1. The maximum atomic E-state index is 10.2. The molecule has 0 heterocycles. The second-order valence-electron chi connectivity index (χ2n) is 10.9. The van der Waals surface area contributed by atoms with Gasteiger partial charge in [0.25, 0.3) is 0 Å². The predicted octanol–water partition coefficient (Wildman–Crippen LogP) is 6.26. The number of unbranched alkanes of at least 4 members (excludes halogenated alkanes) is 1. The van der Waals surface area contributed by atoms with Crippen molar-refractivity contribution in [3.05, 3.63) is 11.6 Å². The number of hydrogen-bond acceptors (Lipinski definition) is 2. The lowest BCUT2D eigenvalue weighted by Gasteiger charge is -2.58. The van der Waals surface area contributed by atoms with Crippen molar-refractivity contribution in [2.45, 2.75) is 97.5 Å². The molecule has 27 heavy (non-hydrogen) atoms. The van der Waals surface area contributed by atoms with Crippen molar-refractivity contribution in [1.82, 2.24) is 0 Å². The maximum Gasteiger partial charge on any atom is 0.0621 e. The number of aliphatic hydroxyl groups excluding tert-OH is 1. The Morgan fingerprint density at radius 2 is 2.00 bits per heavy atom. The van der Waals surface area contributed by atoms with Crippen molar-refractivity contribution in [2.24, 2.45) is 40.4 Å². The summed E-state index contributed by atoms with van der Waals surface area (Å²) in [6, 6.07) is 2.33. The summed E-state index contributed by atoms with van der Waals surface area (Å²) in [5.74, 6) is 4.22. The SMILES string of the molecule is C[C@H](CCCC#N)[C@H]1CC[C@H]2[C@@H]3CC=C4C[C@@H](O)CC[C@]4(C)[C@H]3CC[C@]12C. The molecule has 0 aliphatic heterocycles. The monoisotopic (exact) mass is 369 g/mol. The molecule has 0 bridgehead atoms. The summed E-state index contributed by atoms with van der Waals surface area (Å²) >= 11 is 0. The van der Waals surface area contributed by atoms with E-state index in [0.29, 0.717) is 10.8 Å². The van der Waals surface area contributed by atoms with Crippen LogP contribution in [0.15, 0.2) is 11.6 Å². The summed E-state index contributed by atoms with van der Waals surface area (Å²) in [4.78, 5) is 0. The van der Waals surface area contributed by atoms with Crippen LogP contribution in [-0.2, 0) is 0 Å². The molecule has 3 fully saturated rings. The molecule has 150 valence electrons. The highest BCUT2D eigenvalue weighted by Gasteiger charge is 2.58.